The second-order valence-electron chi connectivity index (χ2n) is 3.80. The molecule has 0 spiro atoms. The molecule has 80 valence electrons. The van der Waals surface area contributed by atoms with Crippen molar-refractivity contribution in [2.75, 3.05) is 13.2 Å². The Labute approximate surface area is 90.1 Å². The average molecular weight is 204 g/mol. The molecule has 0 aromatic heterocycles. The van der Waals surface area contributed by atoms with Crippen molar-refractivity contribution in [1.82, 2.24) is 10.2 Å². The van der Waals surface area contributed by atoms with Crippen molar-refractivity contribution in [3.05, 3.63) is 35.9 Å². The molecular formula is C12H16N2O. The van der Waals surface area contributed by atoms with Crippen molar-refractivity contribution < 1.29 is 4.79 Å². The second-order valence-corrected chi connectivity index (χ2v) is 3.80. The van der Waals surface area contributed by atoms with Crippen LogP contribution in [0.5, 0.6) is 0 Å². The second kappa shape index (κ2) is 4.45. The van der Waals surface area contributed by atoms with Crippen molar-refractivity contribution in [2.24, 2.45) is 0 Å². The largest absolute Gasteiger partial charge is 0.329 e. The Bertz CT molecular complexity index is 337. The summed E-state index contributed by atoms with van der Waals surface area (Å²) < 4.78 is 0. The maximum absolute atomic E-state index is 11.8. The number of benzene rings is 1. The molecule has 0 saturated carbocycles. The topological polar surface area (TPSA) is 32.3 Å². The van der Waals surface area contributed by atoms with Crippen molar-refractivity contribution >= 4 is 5.91 Å². The van der Waals surface area contributed by atoms with Gasteiger partial charge in [0.25, 0.3) is 0 Å². The third kappa shape index (κ3) is 2.18. The van der Waals surface area contributed by atoms with Crippen LogP contribution in [0.2, 0.25) is 0 Å². The number of hydrogen-bond donors (Lipinski definition) is 1. The number of likely N-dealkylation sites (N-methyl/N-ethyl adjacent to an activating group) is 1. The Balaban J connectivity index is 2.00. The fourth-order valence-electron chi connectivity index (χ4n) is 1.88. The van der Waals surface area contributed by atoms with Crippen LogP contribution in [0.4, 0.5) is 0 Å². The number of amides is 1. The van der Waals surface area contributed by atoms with Crippen LogP contribution in [0, 0.1) is 0 Å². The molecule has 1 N–H and O–H groups in total. The first-order valence-corrected chi connectivity index (χ1v) is 5.37. The molecule has 1 atom stereocenters. The van der Waals surface area contributed by atoms with E-state index in [-0.39, 0.29) is 11.9 Å². The Hall–Kier alpha value is -1.35. The van der Waals surface area contributed by atoms with Gasteiger partial charge >= 0.3 is 0 Å². The van der Waals surface area contributed by atoms with Crippen LogP contribution >= 0.6 is 0 Å². The van der Waals surface area contributed by atoms with E-state index < -0.39 is 0 Å². The monoisotopic (exact) mass is 204 g/mol. The first-order chi connectivity index (χ1) is 7.31. The van der Waals surface area contributed by atoms with Crippen LogP contribution in [-0.2, 0) is 11.2 Å². The van der Waals surface area contributed by atoms with E-state index in [0.29, 0.717) is 6.67 Å². The van der Waals surface area contributed by atoms with Gasteiger partial charge in [0, 0.05) is 6.54 Å². The van der Waals surface area contributed by atoms with Crippen LogP contribution in [0.3, 0.4) is 0 Å². The molecule has 0 radical (unpaired) electrons. The van der Waals surface area contributed by atoms with E-state index in [1.807, 2.05) is 30.0 Å². The first kappa shape index (κ1) is 10.2. The Morgan fingerprint density at radius 2 is 2.13 bits per heavy atom. The molecule has 3 heteroatoms. The summed E-state index contributed by atoms with van der Waals surface area (Å²) in [6.07, 6.45) is 0.788. The highest BCUT2D eigenvalue weighted by atomic mass is 16.2. The van der Waals surface area contributed by atoms with Crippen LogP contribution < -0.4 is 5.32 Å². The summed E-state index contributed by atoms with van der Waals surface area (Å²) in [5, 5.41) is 3.23. The number of nitrogens with one attached hydrogen (secondary N) is 1. The molecule has 1 aliphatic heterocycles. The summed E-state index contributed by atoms with van der Waals surface area (Å²) in [5.41, 5.74) is 1.21. The summed E-state index contributed by atoms with van der Waals surface area (Å²) >= 11 is 0. The van der Waals surface area contributed by atoms with Gasteiger partial charge < -0.3 is 4.90 Å². The van der Waals surface area contributed by atoms with E-state index in [2.05, 4.69) is 17.4 Å². The van der Waals surface area contributed by atoms with Crippen molar-refractivity contribution in [1.29, 1.82) is 0 Å². The van der Waals surface area contributed by atoms with E-state index in [0.717, 1.165) is 13.0 Å². The fourth-order valence-corrected chi connectivity index (χ4v) is 1.88. The van der Waals surface area contributed by atoms with Gasteiger partial charge in [-0.25, -0.2) is 0 Å². The number of carbonyl (C=O) groups excluding carboxylic acids is 1. The molecule has 1 saturated heterocycles. The molecule has 0 aliphatic carbocycles. The number of nitrogens with zero attached hydrogens (tertiary/aromatic N) is 1. The maximum Gasteiger partial charge on any atom is 0.241 e. The minimum atomic E-state index is -0.0349. The molecule has 1 amide bonds. The van der Waals surface area contributed by atoms with Gasteiger partial charge in [-0.3, -0.25) is 10.1 Å². The van der Waals surface area contributed by atoms with Gasteiger partial charge in [0.05, 0.1) is 12.7 Å². The summed E-state index contributed by atoms with van der Waals surface area (Å²) in [7, 11) is 0. The van der Waals surface area contributed by atoms with Crippen molar-refractivity contribution in [2.45, 2.75) is 19.4 Å². The molecule has 15 heavy (non-hydrogen) atoms. The SMILES string of the molecule is CCN1CNC(Cc2ccccc2)C1=O. The van der Waals surface area contributed by atoms with E-state index in [4.69, 9.17) is 0 Å². The van der Waals surface area contributed by atoms with Gasteiger partial charge in [-0.05, 0) is 18.9 Å². The highest BCUT2D eigenvalue weighted by Gasteiger charge is 2.29. The molecule has 1 aromatic carbocycles. The zero-order valence-corrected chi connectivity index (χ0v) is 8.94. The molecule has 3 nitrogen and oxygen atoms in total. The zero-order valence-electron chi connectivity index (χ0n) is 8.94. The van der Waals surface area contributed by atoms with Gasteiger partial charge in [-0.2, -0.15) is 0 Å². The van der Waals surface area contributed by atoms with Crippen molar-refractivity contribution in [3.63, 3.8) is 0 Å². The molecule has 1 aliphatic rings. The van der Waals surface area contributed by atoms with Crippen molar-refractivity contribution in [3.8, 4) is 0 Å². The predicted molar refractivity (Wildman–Crippen MR) is 59.3 cm³/mol. The molecule has 1 unspecified atom stereocenters. The summed E-state index contributed by atoms with van der Waals surface area (Å²) in [6, 6.07) is 10.1. The lowest BCUT2D eigenvalue weighted by Gasteiger charge is -2.12. The Morgan fingerprint density at radius 3 is 2.73 bits per heavy atom. The lowest BCUT2D eigenvalue weighted by molar-refractivity contribution is -0.128. The van der Waals surface area contributed by atoms with Gasteiger partial charge in [0.15, 0.2) is 0 Å². The van der Waals surface area contributed by atoms with Crippen LogP contribution in [-0.4, -0.2) is 30.1 Å². The minimum Gasteiger partial charge on any atom is -0.329 e. The predicted octanol–water partition coefficient (Wildman–Crippen LogP) is 1.01. The first-order valence-electron chi connectivity index (χ1n) is 5.37. The van der Waals surface area contributed by atoms with E-state index in [1.54, 1.807) is 0 Å². The number of carbonyl (C=O) groups is 1. The average Bonchev–Trinajstić information content (AvgIpc) is 2.62. The number of hydrogen-bond acceptors (Lipinski definition) is 2. The highest BCUT2D eigenvalue weighted by Crippen LogP contribution is 2.09. The van der Waals surface area contributed by atoms with Gasteiger partial charge in [-0.1, -0.05) is 30.3 Å². The fraction of sp³-hybridized carbons (Fsp3) is 0.417. The lowest BCUT2D eigenvalue weighted by atomic mass is 10.1. The van der Waals surface area contributed by atoms with Gasteiger partial charge in [-0.15, -0.1) is 0 Å². The van der Waals surface area contributed by atoms with Gasteiger partial charge in [0.2, 0.25) is 5.91 Å². The Morgan fingerprint density at radius 1 is 1.40 bits per heavy atom. The quantitative estimate of drug-likeness (QED) is 0.797. The lowest BCUT2D eigenvalue weighted by Crippen LogP contribution is -2.32. The molecule has 0 bridgehead atoms. The third-order valence-electron chi connectivity index (χ3n) is 2.80. The van der Waals surface area contributed by atoms with Gasteiger partial charge in [0.1, 0.15) is 0 Å². The standard InChI is InChI=1S/C12H16N2O/c1-2-14-9-13-11(12(14)15)8-10-6-4-3-5-7-10/h3-7,11,13H,2,8-9H2,1H3. The van der Waals surface area contributed by atoms with E-state index in [9.17, 15) is 4.79 Å². The molecular weight excluding hydrogens is 188 g/mol. The molecule has 1 aromatic rings. The minimum absolute atomic E-state index is 0.0349. The summed E-state index contributed by atoms with van der Waals surface area (Å²) in [6.45, 7) is 3.48. The number of rotatable bonds is 3. The molecule has 1 heterocycles. The smallest absolute Gasteiger partial charge is 0.241 e. The van der Waals surface area contributed by atoms with E-state index >= 15 is 0 Å². The molecule has 2 rings (SSSR count). The molecule has 1 fully saturated rings. The van der Waals surface area contributed by atoms with Crippen LogP contribution in [0.1, 0.15) is 12.5 Å². The van der Waals surface area contributed by atoms with Crippen LogP contribution in [0.15, 0.2) is 30.3 Å². The third-order valence-corrected chi connectivity index (χ3v) is 2.80. The highest BCUT2D eigenvalue weighted by molar-refractivity contribution is 5.84. The summed E-state index contributed by atoms with van der Waals surface area (Å²) in [5.74, 6) is 0.223. The van der Waals surface area contributed by atoms with Crippen LogP contribution in [0.25, 0.3) is 0 Å². The normalized spacial score (nSPS) is 21.0. The maximum atomic E-state index is 11.8. The summed E-state index contributed by atoms with van der Waals surface area (Å²) in [4.78, 5) is 13.6. The Kier molecular flexibility index (Phi) is 3.02. The zero-order chi connectivity index (χ0) is 10.7. The van der Waals surface area contributed by atoms with E-state index in [1.165, 1.54) is 5.56 Å².